The summed E-state index contributed by atoms with van der Waals surface area (Å²) in [7, 11) is 0. The van der Waals surface area contributed by atoms with Gasteiger partial charge in [0.1, 0.15) is 0 Å². The first kappa shape index (κ1) is 11.2. The van der Waals surface area contributed by atoms with Crippen molar-refractivity contribution in [3.63, 3.8) is 0 Å². The zero-order chi connectivity index (χ0) is 11.6. The predicted octanol–water partition coefficient (Wildman–Crippen LogP) is 2.79. The van der Waals surface area contributed by atoms with Crippen molar-refractivity contribution in [3.8, 4) is 6.07 Å². The molecular weight excluding hydrogens is 196 g/mol. The SMILES string of the molecule is CC1(C)CCN(Cc2ccccc2C#N)C1. The molecule has 1 heterocycles. The molecule has 16 heavy (non-hydrogen) atoms. The molecule has 0 unspecified atom stereocenters. The first-order valence-electron chi connectivity index (χ1n) is 5.81. The second-order valence-corrected chi connectivity index (χ2v) is 5.39. The van der Waals surface area contributed by atoms with E-state index in [-0.39, 0.29) is 0 Å². The fourth-order valence-electron chi connectivity index (χ4n) is 2.37. The number of nitrogens with zero attached hydrogens (tertiary/aromatic N) is 2. The Hall–Kier alpha value is -1.33. The average Bonchev–Trinajstić information content (AvgIpc) is 2.59. The van der Waals surface area contributed by atoms with E-state index in [1.54, 1.807) is 0 Å². The topological polar surface area (TPSA) is 27.0 Å². The van der Waals surface area contributed by atoms with Gasteiger partial charge >= 0.3 is 0 Å². The van der Waals surface area contributed by atoms with Gasteiger partial charge < -0.3 is 0 Å². The van der Waals surface area contributed by atoms with E-state index < -0.39 is 0 Å². The van der Waals surface area contributed by atoms with Gasteiger partial charge in [0.2, 0.25) is 0 Å². The Bertz CT molecular complexity index is 415. The Balaban J connectivity index is 2.08. The average molecular weight is 214 g/mol. The number of nitriles is 1. The molecule has 0 aliphatic carbocycles. The smallest absolute Gasteiger partial charge is 0.0995 e. The summed E-state index contributed by atoms with van der Waals surface area (Å²) in [4.78, 5) is 2.44. The predicted molar refractivity (Wildman–Crippen MR) is 64.8 cm³/mol. The van der Waals surface area contributed by atoms with Crippen molar-refractivity contribution >= 4 is 0 Å². The van der Waals surface area contributed by atoms with Crippen molar-refractivity contribution in [3.05, 3.63) is 35.4 Å². The Morgan fingerprint density at radius 2 is 2.12 bits per heavy atom. The Morgan fingerprint density at radius 1 is 1.38 bits per heavy atom. The lowest BCUT2D eigenvalue weighted by Crippen LogP contribution is -2.23. The minimum Gasteiger partial charge on any atom is -0.298 e. The minimum absolute atomic E-state index is 0.432. The van der Waals surface area contributed by atoms with Crippen molar-refractivity contribution in [2.24, 2.45) is 5.41 Å². The van der Waals surface area contributed by atoms with Crippen molar-refractivity contribution in [2.75, 3.05) is 13.1 Å². The molecule has 1 aliphatic rings. The Labute approximate surface area is 97.5 Å². The standard InChI is InChI=1S/C14H18N2/c1-14(2)7-8-16(11-14)10-13-6-4-3-5-12(13)9-15/h3-6H,7-8,10-11H2,1-2H3. The van der Waals surface area contributed by atoms with Crippen LogP contribution in [0.4, 0.5) is 0 Å². The Morgan fingerprint density at radius 3 is 2.75 bits per heavy atom. The lowest BCUT2D eigenvalue weighted by molar-refractivity contribution is 0.284. The van der Waals surface area contributed by atoms with E-state index in [0.717, 1.165) is 30.8 Å². The van der Waals surface area contributed by atoms with E-state index >= 15 is 0 Å². The molecule has 1 fully saturated rings. The molecule has 0 spiro atoms. The number of rotatable bonds is 2. The highest BCUT2D eigenvalue weighted by atomic mass is 15.1. The summed E-state index contributed by atoms with van der Waals surface area (Å²) in [6.07, 6.45) is 1.25. The minimum atomic E-state index is 0.432. The van der Waals surface area contributed by atoms with Crippen LogP contribution in [-0.2, 0) is 6.54 Å². The van der Waals surface area contributed by atoms with E-state index in [0.29, 0.717) is 5.41 Å². The summed E-state index contributed by atoms with van der Waals surface area (Å²) in [5.41, 5.74) is 2.40. The molecular formula is C14H18N2. The fourth-order valence-corrected chi connectivity index (χ4v) is 2.37. The van der Waals surface area contributed by atoms with Gasteiger partial charge in [0.25, 0.3) is 0 Å². The zero-order valence-corrected chi connectivity index (χ0v) is 10.0. The molecule has 1 aromatic rings. The fraction of sp³-hybridized carbons (Fsp3) is 0.500. The van der Waals surface area contributed by atoms with Crippen LogP contribution in [0.25, 0.3) is 0 Å². The van der Waals surface area contributed by atoms with Crippen molar-refractivity contribution in [1.29, 1.82) is 5.26 Å². The van der Waals surface area contributed by atoms with Crippen LogP contribution in [0.1, 0.15) is 31.4 Å². The van der Waals surface area contributed by atoms with E-state index in [1.165, 1.54) is 6.42 Å². The van der Waals surface area contributed by atoms with Gasteiger partial charge in [-0.05, 0) is 30.0 Å². The summed E-state index contributed by atoms with van der Waals surface area (Å²) >= 11 is 0. The van der Waals surface area contributed by atoms with Gasteiger partial charge in [0.05, 0.1) is 11.6 Å². The molecule has 0 amide bonds. The lowest BCUT2D eigenvalue weighted by atomic mass is 9.93. The van der Waals surface area contributed by atoms with E-state index in [1.807, 2.05) is 18.2 Å². The number of likely N-dealkylation sites (tertiary alicyclic amines) is 1. The molecule has 0 radical (unpaired) electrons. The number of benzene rings is 1. The second kappa shape index (κ2) is 4.27. The molecule has 1 aliphatic heterocycles. The van der Waals surface area contributed by atoms with Crippen molar-refractivity contribution in [2.45, 2.75) is 26.8 Å². The normalized spacial score (nSPS) is 19.6. The molecule has 1 aromatic carbocycles. The Kier molecular flexibility index (Phi) is 2.98. The van der Waals surface area contributed by atoms with Gasteiger partial charge in [-0.25, -0.2) is 0 Å². The monoisotopic (exact) mass is 214 g/mol. The van der Waals surface area contributed by atoms with Crippen LogP contribution in [0.5, 0.6) is 0 Å². The van der Waals surface area contributed by atoms with Crippen LogP contribution in [0.15, 0.2) is 24.3 Å². The summed E-state index contributed by atoms with van der Waals surface area (Å²) < 4.78 is 0. The van der Waals surface area contributed by atoms with E-state index in [2.05, 4.69) is 30.9 Å². The van der Waals surface area contributed by atoms with Gasteiger partial charge in [-0.15, -0.1) is 0 Å². The van der Waals surface area contributed by atoms with Crippen LogP contribution in [0.2, 0.25) is 0 Å². The van der Waals surface area contributed by atoms with Gasteiger partial charge in [-0.2, -0.15) is 5.26 Å². The quantitative estimate of drug-likeness (QED) is 0.757. The molecule has 0 saturated carbocycles. The third-order valence-corrected chi connectivity index (χ3v) is 3.29. The van der Waals surface area contributed by atoms with Crippen LogP contribution >= 0.6 is 0 Å². The molecule has 0 atom stereocenters. The van der Waals surface area contributed by atoms with Gasteiger partial charge in [0.15, 0.2) is 0 Å². The number of hydrogen-bond donors (Lipinski definition) is 0. The van der Waals surface area contributed by atoms with Crippen LogP contribution in [0, 0.1) is 16.7 Å². The third-order valence-electron chi connectivity index (χ3n) is 3.29. The summed E-state index contributed by atoms with van der Waals surface area (Å²) in [6, 6.07) is 10.2. The lowest BCUT2D eigenvalue weighted by Gasteiger charge is -2.20. The van der Waals surface area contributed by atoms with Crippen molar-refractivity contribution in [1.82, 2.24) is 4.90 Å². The molecule has 2 nitrogen and oxygen atoms in total. The second-order valence-electron chi connectivity index (χ2n) is 5.39. The zero-order valence-electron chi connectivity index (χ0n) is 10.0. The van der Waals surface area contributed by atoms with Crippen LogP contribution in [0.3, 0.4) is 0 Å². The molecule has 0 bridgehead atoms. The molecule has 2 heteroatoms. The highest BCUT2D eigenvalue weighted by molar-refractivity contribution is 5.37. The van der Waals surface area contributed by atoms with Gasteiger partial charge in [0, 0.05) is 13.1 Å². The molecule has 84 valence electrons. The first-order chi connectivity index (χ1) is 7.61. The van der Waals surface area contributed by atoms with Gasteiger partial charge in [-0.3, -0.25) is 4.90 Å². The van der Waals surface area contributed by atoms with E-state index in [4.69, 9.17) is 5.26 Å². The maximum Gasteiger partial charge on any atom is 0.0995 e. The highest BCUT2D eigenvalue weighted by Gasteiger charge is 2.29. The molecule has 0 N–H and O–H groups in total. The summed E-state index contributed by atoms with van der Waals surface area (Å²) in [6.45, 7) is 7.80. The molecule has 1 saturated heterocycles. The summed E-state index contributed by atoms with van der Waals surface area (Å²) in [5, 5.41) is 9.03. The van der Waals surface area contributed by atoms with Crippen LogP contribution < -0.4 is 0 Å². The van der Waals surface area contributed by atoms with E-state index in [9.17, 15) is 0 Å². The number of hydrogen-bond acceptors (Lipinski definition) is 2. The largest absolute Gasteiger partial charge is 0.298 e. The molecule has 2 rings (SSSR count). The first-order valence-corrected chi connectivity index (χ1v) is 5.81. The summed E-state index contributed by atoms with van der Waals surface area (Å²) in [5.74, 6) is 0. The maximum absolute atomic E-state index is 9.03. The highest BCUT2D eigenvalue weighted by Crippen LogP contribution is 2.29. The van der Waals surface area contributed by atoms with Crippen molar-refractivity contribution < 1.29 is 0 Å². The third kappa shape index (κ3) is 2.43. The van der Waals surface area contributed by atoms with Gasteiger partial charge in [-0.1, -0.05) is 32.0 Å². The maximum atomic E-state index is 9.03. The van der Waals surface area contributed by atoms with Crippen LogP contribution in [-0.4, -0.2) is 18.0 Å². The molecule has 0 aromatic heterocycles.